The molecule has 0 saturated carbocycles. The number of halogens is 1. The standard InChI is InChI=1S/C32H45BrN6O7/c1-18(2)14-24(29(34)42)37-30(43)20(5)36-27(41)15-26(40)25(17-46-16-21-9-11-22(33)12-10-21)38-32(45)28(19(3)4)39-31(44)23-8-6-7-13-35-23/h6-13,18-20,24-26,28,40H,14-17H2,1-5H3,(H2,34,42)(H,36,41)(H,37,43)(H,38,45)(H,39,44)/t20-,24-,25-,26-,28+/m0/s1. The number of nitrogens with zero attached hydrogens (tertiary/aromatic N) is 1. The number of benzene rings is 1. The fourth-order valence-corrected chi connectivity index (χ4v) is 4.63. The topological polar surface area (TPSA) is 202 Å². The van der Waals surface area contributed by atoms with Crippen LogP contribution in [0.5, 0.6) is 0 Å². The number of carbonyl (C=O) groups excluding carboxylic acids is 5. The van der Waals surface area contributed by atoms with Crippen molar-refractivity contribution in [1.29, 1.82) is 0 Å². The van der Waals surface area contributed by atoms with Crippen LogP contribution < -0.4 is 27.0 Å². The largest absolute Gasteiger partial charge is 0.390 e. The van der Waals surface area contributed by atoms with Crippen molar-refractivity contribution in [3.05, 3.63) is 64.4 Å². The van der Waals surface area contributed by atoms with Crippen LogP contribution in [-0.2, 0) is 30.5 Å². The third-order valence-electron chi connectivity index (χ3n) is 6.94. The highest BCUT2D eigenvalue weighted by molar-refractivity contribution is 9.10. The van der Waals surface area contributed by atoms with E-state index in [0.29, 0.717) is 6.42 Å². The number of rotatable bonds is 18. The van der Waals surface area contributed by atoms with E-state index in [1.54, 1.807) is 26.0 Å². The molecule has 0 spiro atoms. The number of ether oxygens (including phenoxy) is 1. The minimum Gasteiger partial charge on any atom is -0.390 e. The maximum atomic E-state index is 13.4. The predicted molar refractivity (Wildman–Crippen MR) is 175 cm³/mol. The zero-order chi connectivity index (χ0) is 34.4. The molecule has 252 valence electrons. The number of hydrogen-bond donors (Lipinski definition) is 6. The molecule has 1 aromatic carbocycles. The van der Waals surface area contributed by atoms with Gasteiger partial charge in [-0.2, -0.15) is 0 Å². The minimum atomic E-state index is -1.43. The molecule has 0 aliphatic heterocycles. The molecule has 5 atom stereocenters. The first-order valence-electron chi connectivity index (χ1n) is 15.1. The van der Waals surface area contributed by atoms with Crippen LogP contribution in [0.3, 0.4) is 0 Å². The van der Waals surface area contributed by atoms with Crippen molar-refractivity contribution in [2.24, 2.45) is 17.6 Å². The molecule has 0 saturated heterocycles. The van der Waals surface area contributed by atoms with Crippen molar-refractivity contribution in [2.45, 2.75) is 84.3 Å². The molecule has 0 aliphatic rings. The number of amides is 5. The van der Waals surface area contributed by atoms with Crippen molar-refractivity contribution in [3.8, 4) is 0 Å². The van der Waals surface area contributed by atoms with Crippen LogP contribution >= 0.6 is 15.9 Å². The number of hydrogen-bond acceptors (Lipinski definition) is 8. The molecule has 2 rings (SSSR count). The molecule has 14 heteroatoms. The van der Waals surface area contributed by atoms with Crippen molar-refractivity contribution in [1.82, 2.24) is 26.3 Å². The number of nitrogens with one attached hydrogen (secondary N) is 4. The summed E-state index contributed by atoms with van der Waals surface area (Å²) >= 11 is 3.38. The van der Waals surface area contributed by atoms with Gasteiger partial charge in [0.2, 0.25) is 23.6 Å². The average Bonchev–Trinajstić information content (AvgIpc) is 2.99. The second kappa shape index (κ2) is 18.9. The maximum absolute atomic E-state index is 13.4. The third-order valence-corrected chi connectivity index (χ3v) is 7.47. The highest BCUT2D eigenvalue weighted by Crippen LogP contribution is 2.13. The zero-order valence-electron chi connectivity index (χ0n) is 26.8. The van der Waals surface area contributed by atoms with Gasteiger partial charge in [-0.3, -0.25) is 29.0 Å². The number of aliphatic hydroxyl groups is 1. The maximum Gasteiger partial charge on any atom is 0.270 e. The summed E-state index contributed by atoms with van der Waals surface area (Å²) in [5.41, 5.74) is 6.38. The molecule has 1 aromatic heterocycles. The number of nitrogens with two attached hydrogens (primary N) is 1. The molecule has 46 heavy (non-hydrogen) atoms. The second-order valence-electron chi connectivity index (χ2n) is 11.8. The second-order valence-corrected chi connectivity index (χ2v) is 12.7. The summed E-state index contributed by atoms with van der Waals surface area (Å²) in [7, 11) is 0. The Kier molecular flexibility index (Phi) is 15.8. The van der Waals surface area contributed by atoms with E-state index in [-0.39, 0.29) is 30.7 Å². The Balaban J connectivity index is 2.11. The number of primary amides is 1. The van der Waals surface area contributed by atoms with Gasteiger partial charge in [-0.25, -0.2) is 0 Å². The molecule has 0 unspecified atom stereocenters. The number of aliphatic hydroxyl groups excluding tert-OH is 1. The molecule has 7 N–H and O–H groups in total. The average molecular weight is 706 g/mol. The number of carbonyl (C=O) groups is 5. The van der Waals surface area contributed by atoms with Crippen LogP contribution in [0.4, 0.5) is 0 Å². The fraction of sp³-hybridized carbons (Fsp3) is 0.500. The van der Waals surface area contributed by atoms with Crippen LogP contribution in [0.15, 0.2) is 53.1 Å². The van der Waals surface area contributed by atoms with Crippen molar-refractivity contribution in [2.75, 3.05) is 6.61 Å². The molecule has 0 aliphatic carbocycles. The molecule has 0 fully saturated rings. The highest BCUT2D eigenvalue weighted by atomic mass is 79.9. The van der Waals surface area contributed by atoms with Crippen LogP contribution in [0, 0.1) is 11.8 Å². The van der Waals surface area contributed by atoms with Gasteiger partial charge in [-0.05, 0) is 55.0 Å². The number of pyridine rings is 1. The van der Waals surface area contributed by atoms with Crippen LogP contribution in [-0.4, -0.2) is 76.5 Å². The first-order chi connectivity index (χ1) is 21.7. The molecule has 1 heterocycles. The van der Waals surface area contributed by atoms with E-state index in [0.717, 1.165) is 10.0 Å². The smallest absolute Gasteiger partial charge is 0.270 e. The van der Waals surface area contributed by atoms with Gasteiger partial charge in [-0.1, -0.05) is 61.8 Å². The Morgan fingerprint density at radius 1 is 0.913 bits per heavy atom. The lowest BCUT2D eigenvalue weighted by Crippen LogP contribution is -2.56. The molecular formula is C32H45BrN6O7. The van der Waals surface area contributed by atoms with Gasteiger partial charge >= 0.3 is 0 Å². The Morgan fingerprint density at radius 3 is 2.15 bits per heavy atom. The Morgan fingerprint density at radius 2 is 1.59 bits per heavy atom. The first kappa shape index (κ1) is 38.3. The van der Waals surface area contributed by atoms with Gasteiger partial charge < -0.3 is 36.8 Å². The van der Waals surface area contributed by atoms with E-state index in [2.05, 4.69) is 42.2 Å². The molecule has 2 aromatic rings. The summed E-state index contributed by atoms with van der Waals surface area (Å²) in [4.78, 5) is 67.4. The van der Waals surface area contributed by atoms with Gasteiger partial charge in [0.05, 0.1) is 31.8 Å². The molecule has 0 radical (unpaired) electrons. The number of aromatic nitrogens is 1. The zero-order valence-corrected chi connectivity index (χ0v) is 28.4. The van der Waals surface area contributed by atoms with Gasteiger partial charge in [0.15, 0.2) is 0 Å². The normalized spacial score (nSPS) is 14.5. The first-order valence-corrected chi connectivity index (χ1v) is 15.9. The SMILES string of the molecule is CC(C)C[C@H](NC(=O)[C@H](C)NC(=O)C[C@H](O)[C@H](COCc1ccc(Br)cc1)NC(=O)[C@H](NC(=O)c1ccccn1)C(C)C)C(N)=O. The summed E-state index contributed by atoms with van der Waals surface area (Å²) in [6.07, 6.45) is -0.113. The van der Waals surface area contributed by atoms with Crippen LogP contribution in [0.1, 0.15) is 63.5 Å². The summed E-state index contributed by atoms with van der Waals surface area (Å²) in [6, 6.07) is 8.24. The van der Waals surface area contributed by atoms with Gasteiger partial charge in [0.25, 0.3) is 5.91 Å². The molecule has 5 amide bonds. The van der Waals surface area contributed by atoms with Gasteiger partial charge in [-0.15, -0.1) is 0 Å². The summed E-state index contributed by atoms with van der Waals surface area (Å²) in [5, 5.41) is 21.5. The van der Waals surface area contributed by atoms with E-state index >= 15 is 0 Å². The lowest BCUT2D eigenvalue weighted by Gasteiger charge is -2.28. The van der Waals surface area contributed by atoms with Gasteiger partial charge in [0.1, 0.15) is 23.8 Å². The van der Waals surface area contributed by atoms with E-state index in [9.17, 15) is 29.1 Å². The monoisotopic (exact) mass is 704 g/mol. The Labute approximate surface area is 277 Å². The van der Waals surface area contributed by atoms with E-state index in [1.165, 1.54) is 19.2 Å². The minimum absolute atomic E-state index is 0.0922. The molecular weight excluding hydrogens is 660 g/mol. The van der Waals surface area contributed by atoms with Crippen LogP contribution in [0.2, 0.25) is 0 Å². The van der Waals surface area contributed by atoms with Crippen molar-refractivity contribution in [3.63, 3.8) is 0 Å². The fourth-order valence-electron chi connectivity index (χ4n) is 4.37. The predicted octanol–water partition coefficient (Wildman–Crippen LogP) is 1.57. The van der Waals surface area contributed by atoms with E-state index in [1.807, 2.05) is 38.1 Å². The van der Waals surface area contributed by atoms with Crippen molar-refractivity contribution >= 4 is 45.5 Å². The molecule has 0 bridgehead atoms. The van der Waals surface area contributed by atoms with Gasteiger partial charge in [0, 0.05) is 10.7 Å². The Bertz CT molecular complexity index is 1310. The van der Waals surface area contributed by atoms with Crippen molar-refractivity contribution < 1.29 is 33.8 Å². The lowest BCUT2D eigenvalue weighted by molar-refractivity contribution is -0.132. The summed E-state index contributed by atoms with van der Waals surface area (Å²) in [6.45, 7) is 8.70. The summed E-state index contributed by atoms with van der Waals surface area (Å²) < 4.78 is 6.70. The van der Waals surface area contributed by atoms with Crippen LogP contribution in [0.25, 0.3) is 0 Å². The molecule has 13 nitrogen and oxygen atoms in total. The quantitative estimate of drug-likeness (QED) is 0.134. The van der Waals surface area contributed by atoms with E-state index < -0.39 is 66.2 Å². The van der Waals surface area contributed by atoms with E-state index in [4.69, 9.17) is 10.5 Å². The third kappa shape index (κ3) is 13.2. The lowest BCUT2D eigenvalue weighted by atomic mass is 10.0. The highest BCUT2D eigenvalue weighted by Gasteiger charge is 2.31. The Hall–Kier alpha value is -3.88. The summed E-state index contributed by atoms with van der Waals surface area (Å²) in [5.74, 6) is -3.35.